The first-order valence-corrected chi connectivity index (χ1v) is 3.63. The lowest BCUT2D eigenvalue weighted by molar-refractivity contribution is 0.115. The summed E-state index contributed by atoms with van der Waals surface area (Å²) >= 11 is 0. The van der Waals surface area contributed by atoms with Crippen LogP contribution in [-0.2, 0) is 4.74 Å². The molecule has 1 aliphatic heterocycles. The number of carbonyl (C=O) groups excluding carboxylic acids is 1. The molecule has 5 nitrogen and oxygen atoms in total. The number of hydrogen-bond donors (Lipinski definition) is 2. The topological polar surface area (TPSA) is 53.6 Å². The molecule has 0 aromatic heterocycles. The van der Waals surface area contributed by atoms with Crippen molar-refractivity contribution in [2.45, 2.75) is 0 Å². The molecular formula is C6H13N3O2. The van der Waals surface area contributed by atoms with Gasteiger partial charge < -0.3 is 10.1 Å². The Hall–Kier alpha value is -0.810. The van der Waals surface area contributed by atoms with Gasteiger partial charge in [-0.05, 0) is 0 Å². The molecule has 2 N–H and O–H groups in total. The number of amides is 1. The fraction of sp³-hybridized carbons (Fsp3) is 0.833. The normalized spacial score (nSPS) is 19.4. The monoisotopic (exact) mass is 159 g/mol. The molecule has 0 aromatic carbocycles. The lowest BCUT2D eigenvalue weighted by atomic mass is 10.4. The van der Waals surface area contributed by atoms with Gasteiger partial charge in [0.25, 0.3) is 0 Å². The smallest absolute Gasteiger partial charge is 0.421 e. The van der Waals surface area contributed by atoms with Crippen molar-refractivity contribution in [3.63, 3.8) is 0 Å². The second-order valence-corrected chi connectivity index (χ2v) is 2.34. The maximum Gasteiger partial charge on any atom is 0.421 e. The van der Waals surface area contributed by atoms with Gasteiger partial charge in [0, 0.05) is 26.2 Å². The number of rotatable bonds is 1. The van der Waals surface area contributed by atoms with Crippen molar-refractivity contribution in [2.75, 3.05) is 33.3 Å². The number of piperazine rings is 1. The highest BCUT2D eigenvalue weighted by atomic mass is 16.5. The van der Waals surface area contributed by atoms with Crippen molar-refractivity contribution in [1.29, 1.82) is 0 Å². The lowest BCUT2D eigenvalue weighted by Gasteiger charge is -2.26. The highest BCUT2D eigenvalue weighted by molar-refractivity contribution is 5.66. The quantitative estimate of drug-likeness (QED) is 0.524. The third kappa shape index (κ3) is 2.73. The molecule has 11 heavy (non-hydrogen) atoms. The summed E-state index contributed by atoms with van der Waals surface area (Å²) in [6.07, 6.45) is -0.396. The number of nitrogens with zero attached hydrogens (tertiary/aromatic N) is 1. The van der Waals surface area contributed by atoms with E-state index in [2.05, 4.69) is 15.5 Å². The van der Waals surface area contributed by atoms with Crippen molar-refractivity contribution in [3.05, 3.63) is 0 Å². The Morgan fingerprint density at radius 3 is 2.73 bits per heavy atom. The van der Waals surface area contributed by atoms with E-state index in [0.29, 0.717) is 0 Å². The zero-order valence-electron chi connectivity index (χ0n) is 6.59. The van der Waals surface area contributed by atoms with Crippen molar-refractivity contribution in [2.24, 2.45) is 0 Å². The van der Waals surface area contributed by atoms with Crippen LogP contribution in [0.1, 0.15) is 0 Å². The molecule has 5 heteroatoms. The molecule has 1 heterocycles. The molecule has 1 saturated heterocycles. The van der Waals surface area contributed by atoms with Crippen molar-refractivity contribution in [1.82, 2.24) is 15.8 Å². The molecule has 0 bridgehead atoms. The van der Waals surface area contributed by atoms with E-state index in [9.17, 15) is 4.79 Å². The first-order chi connectivity index (χ1) is 5.33. The van der Waals surface area contributed by atoms with Gasteiger partial charge in [0.15, 0.2) is 0 Å². The Morgan fingerprint density at radius 1 is 1.55 bits per heavy atom. The third-order valence-electron chi connectivity index (χ3n) is 1.55. The van der Waals surface area contributed by atoms with E-state index >= 15 is 0 Å². The Labute approximate surface area is 65.7 Å². The van der Waals surface area contributed by atoms with Gasteiger partial charge in [-0.1, -0.05) is 0 Å². The maximum atomic E-state index is 10.7. The van der Waals surface area contributed by atoms with Crippen LogP contribution in [0.5, 0.6) is 0 Å². The van der Waals surface area contributed by atoms with Crippen LogP contribution in [0, 0.1) is 0 Å². The van der Waals surface area contributed by atoms with Crippen LogP contribution in [0.15, 0.2) is 0 Å². The predicted octanol–water partition coefficient (Wildman–Crippen LogP) is -0.837. The molecule has 1 fully saturated rings. The number of nitrogens with one attached hydrogen (secondary N) is 2. The highest BCUT2D eigenvalue weighted by Crippen LogP contribution is 1.86. The van der Waals surface area contributed by atoms with E-state index in [1.165, 1.54) is 7.11 Å². The second-order valence-electron chi connectivity index (χ2n) is 2.34. The van der Waals surface area contributed by atoms with Crippen LogP contribution in [-0.4, -0.2) is 44.4 Å². The summed E-state index contributed by atoms with van der Waals surface area (Å²) in [4.78, 5) is 10.7. The molecule has 0 atom stereocenters. The van der Waals surface area contributed by atoms with Gasteiger partial charge in [-0.25, -0.2) is 9.80 Å². The van der Waals surface area contributed by atoms with E-state index in [4.69, 9.17) is 0 Å². The van der Waals surface area contributed by atoms with Gasteiger partial charge in [-0.2, -0.15) is 0 Å². The van der Waals surface area contributed by atoms with Gasteiger partial charge >= 0.3 is 6.09 Å². The minimum absolute atomic E-state index is 0.396. The SMILES string of the molecule is COC(=O)NN1CCNCC1. The zero-order valence-corrected chi connectivity index (χ0v) is 6.59. The molecule has 0 saturated carbocycles. The molecule has 1 amide bonds. The van der Waals surface area contributed by atoms with Crippen LogP contribution < -0.4 is 10.7 Å². The summed E-state index contributed by atoms with van der Waals surface area (Å²) in [6.45, 7) is 3.47. The minimum Gasteiger partial charge on any atom is -0.452 e. The Balaban J connectivity index is 2.19. The maximum absolute atomic E-state index is 10.7. The number of methoxy groups -OCH3 is 1. The summed E-state index contributed by atoms with van der Waals surface area (Å²) in [5, 5.41) is 5.01. The number of hydrazine groups is 1. The molecule has 0 radical (unpaired) electrons. The van der Waals surface area contributed by atoms with E-state index < -0.39 is 6.09 Å². The van der Waals surface area contributed by atoms with E-state index in [-0.39, 0.29) is 0 Å². The first kappa shape index (κ1) is 8.29. The van der Waals surface area contributed by atoms with E-state index in [1.54, 1.807) is 0 Å². The van der Waals surface area contributed by atoms with Crippen LogP contribution in [0.25, 0.3) is 0 Å². The molecular weight excluding hydrogens is 146 g/mol. The molecule has 0 spiro atoms. The fourth-order valence-corrected chi connectivity index (χ4v) is 0.951. The zero-order chi connectivity index (χ0) is 8.10. The van der Waals surface area contributed by atoms with Crippen molar-refractivity contribution in [3.8, 4) is 0 Å². The summed E-state index contributed by atoms with van der Waals surface area (Å²) in [5.74, 6) is 0. The van der Waals surface area contributed by atoms with Gasteiger partial charge in [-0.15, -0.1) is 0 Å². The summed E-state index contributed by atoms with van der Waals surface area (Å²) in [5.41, 5.74) is 2.60. The molecule has 0 aromatic rings. The second kappa shape index (κ2) is 4.15. The molecule has 0 aliphatic carbocycles. The van der Waals surface area contributed by atoms with E-state index in [0.717, 1.165) is 26.2 Å². The largest absolute Gasteiger partial charge is 0.452 e. The third-order valence-corrected chi connectivity index (χ3v) is 1.55. The standard InChI is InChI=1S/C6H13N3O2/c1-11-6(10)8-9-4-2-7-3-5-9/h7H,2-5H2,1H3,(H,8,10). The summed E-state index contributed by atoms with van der Waals surface area (Å²) in [6, 6.07) is 0. The number of hydrogen-bond acceptors (Lipinski definition) is 4. The van der Waals surface area contributed by atoms with Crippen LogP contribution in [0.3, 0.4) is 0 Å². The average molecular weight is 159 g/mol. The Kier molecular flexibility index (Phi) is 3.13. The van der Waals surface area contributed by atoms with Crippen LogP contribution >= 0.6 is 0 Å². The lowest BCUT2D eigenvalue weighted by Crippen LogP contribution is -2.52. The van der Waals surface area contributed by atoms with Gasteiger partial charge in [0.2, 0.25) is 0 Å². The number of carbonyl (C=O) groups is 1. The summed E-state index contributed by atoms with van der Waals surface area (Å²) < 4.78 is 4.44. The molecule has 1 rings (SSSR count). The average Bonchev–Trinajstić information content (AvgIpc) is 2.06. The molecule has 1 aliphatic rings. The molecule has 64 valence electrons. The van der Waals surface area contributed by atoms with Crippen molar-refractivity contribution < 1.29 is 9.53 Å². The minimum atomic E-state index is -0.396. The van der Waals surface area contributed by atoms with Crippen molar-refractivity contribution >= 4 is 6.09 Å². The molecule has 0 unspecified atom stereocenters. The highest BCUT2D eigenvalue weighted by Gasteiger charge is 2.11. The van der Waals surface area contributed by atoms with Crippen LogP contribution in [0.2, 0.25) is 0 Å². The first-order valence-electron chi connectivity index (χ1n) is 3.63. The Morgan fingerprint density at radius 2 is 2.18 bits per heavy atom. The van der Waals surface area contributed by atoms with Crippen LogP contribution in [0.4, 0.5) is 4.79 Å². The predicted molar refractivity (Wildman–Crippen MR) is 40.0 cm³/mol. The van der Waals surface area contributed by atoms with Gasteiger partial charge in [0.05, 0.1) is 7.11 Å². The van der Waals surface area contributed by atoms with Gasteiger partial charge in [0.1, 0.15) is 0 Å². The van der Waals surface area contributed by atoms with Gasteiger partial charge in [-0.3, -0.25) is 5.43 Å². The fourth-order valence-electron chi connectivity index (χ4n) is 0.951. The Bertz CT molecular complexity index is 134. The van der Waals surface area contributed by atoms with E-state index in [1.807, 2.05) is 5.01 Å². The number of ether oxygens (including phenoxy) is 1. The summed E-state index contributed by atoms with van der Waals surface area (Å²) in [7, 11) is 1.36.